The van der Waals surface area contributed by atoms with Gasteiger partial charge in [0, 0.05) is 38.6 Å². The lowest BCUT2D eigenvalue weighted by atomic mass is 9.81. The Morgan fingerprint density at radius 1 is 0.909 bits per heavy atom. The lowest BCUT2D eigenvalue weighted by Crippen LogP contribution is -2.47. The molecule has 4 fully saturated rings. The summed E-state index contributed by atoms with van der Waals surface area (Å²) in [5, 5.41) is 6.06. The van der Waals surface area contributed by atoms with E-state index in [1.165, 1.54) is 25.9 Å². The van der Waals surface area contributed by atoms with E-state index in [0.29, 0.717) is 17.5 Å². The first-order chi connectivity index (χ1) is 21.4. The van der Waals surface area contributed by atoms with Gasteiger partial charge in [0.1, 0.15) is 11.9 Å². The van der Waals surface area contributed by atoms with Crippen LogP contribution in [0, 0.1) is 5.92 Å². The first-order valence-corrected chi connectivity index (χ1v) is 17.7. The average Bonchev–Trinajstić information content (AvgIpc) is 3.65. The van der Waals surface area contributed by atoms with Crippen molar-refractivity contribution < 1.29 is 17.6 Å². The Labute approximate surface area is 258 Å². The summed E-state index contributed by atoms with van der Waals surface area (Å²) in [5.74, 6) is 0.181. The zero-order valence-electron chi connectivity index (χ0n) is 25.2. The molecule has 1 amide bonds. The topological polar surface area (TPSA) is 104 Å². The molecule has 2 aromatic heterocycles. The van der Waals surface area contributed by atoms with Gasteiger partial charge in [-0.3, -0.25) is 4.79 Å². The molecule has 1 saturated carbocycles. The Balaban J connectivity index is 1.25. The molecule has 0 atom stereocenters. The highest BCUT2D eigenvalue weighted by atomic mass is 32.2. The molecule has 0 unspecified atom stereocenters. The fourth-order valence-corrected chi connectivity index (χ4v) is 8.35. The quantitative estimate of drug-likeness (QED) is 0.397. The van der Waals surface area contributed by atoms with Crippen LogP contribution in [0.25, 0.3) is 16.7 Å². The van der Waals surface area contributed by atoms with Crippen LogP contribution in [-0.2, 0) is 10.2 Å². The van der Waals surface area contributed by atoms with E-state index in [2.05, 4.69) is 14.5 Å². The van der Waals surface area contributed by atoms with Crippen LogP contribution in [0.2, 0.25) is 0 Å². The zero-order chi connectivity index (χ0) is 30.3. The molecule has 0 bridgehead atoms. The van der Waals surface area contributed by atoms with Crippen LogP contribution in [-0.4, -0.2) is 90.3 Å². The summed E-state index contributed by atoms with van der Waals surface area (Å²) < 4.78 is 45.2. The second-order valence-electron chi connectivity index (χ2n) is 12.9. The fourth-order valence-electron chi connectivity index (χ4n) is 7.19. The molecule has 10 nitrogen and oxygen atoms in total. The van der Waals surface area contributed by atoms with Gasteiger partial charge in [0.15, 0.2) is 5.65 Å². The van der Waals surface area contributed by atoms with Crippen LogP contribution in [0.15, 0.2) is 36.4 Å². The first kappa shape index (κ1) is 29.6. The molecule has 44 heavy (non-hydrogen) atoms. The predicted octanol–water partition coefficient (Wildman–Crippen LogP) is 4.41. The number of anilines is 1. The molecule has 0 radical (unpaired) electrons. The molecule has 4 aliphatic rings. The van der Waals surface area contributed by atoms with Gasteiger partial charge in [0.25, 0.3) is 5.91 Å². The Morgan fingerprint density at radius 2 is 1.61 bits per heavy atom. The Morgan fingerprint density at radius 3 is 2.27 bits per heavy atom. The SMILES string of the molecule is O=C(NS(=O)(=O)N1CCC(F)CC1)c1cc(N2CCC(CN3CCCC3)CC2)c2c(C3CCC3)nn(-c3ccccc3)c2n1. The number of carbonyl (C=O) groups excluding carboxylic acids is 1. The molecule has 3 aromatic rings. The summed E-state index contributed by atoms with van der Waals surface area (Å²) in [4.78, 5) is 23.4. The maximum Gasteiger partial charge on any atom is 0.304 e. The summed E-state index contributed by atoms with van der Waals surface area (Å²) >= 11 is 0. The number of nitrogens with zero attached hydrogens (tertiary/aromatic N) is 6. The predicted molar refractivity (Wildman–Crippen MR) is 168 cm³/mol. The number of amides is 1. The van der Waals surface area contributed by atoms with E-state index >= 15 is 0 Å². The number of para-hydroxylation sites is 1. The number of halogens is 1. The van der Waals surface area contributed by atoms with E-state index in [0.717, 1.165) is 78.5 Å². The van der Waals surface area contributed by atoms with E-state index in [1.807, 2.05) is 35.0 Å². The Hall–Kier alpha value is -3.09. The van der Waals surface area contributed by atoms with Gasteiger partial charge in [-0.05, 0) is 88.6 Å². The standard InChI is InChI=1S/C32H42FN7O3S/c33-25-13-19-39(20-14-25)44(42,43)36-32(41)27-21-28(38-17-11-23(12-18-38)22-37-15-4-5-16-37)29-30(24-7-6-8-24)35-40(31(29)34-27)26-9-2-1-3-10-26/h1-3,9-10,21,23-25H,4-8,11-20,22H2,(H,36,41). The van der Waals surface area contributed by atoms with Crippen LogP contribution in [0.4, 0.5) is 10.1 Å². The van der Waals surface area contributed by atoms with Gasteiger partial charge in [-0.2, -0.15) is 17.8 Å². The molecule has 1 N–H and O–H groups in total. The third-order valence-corrected chi connectivity index (χ3v) is 11.5. The van der Waals surface area contributed by atoms with Crippen LogP contribution in [0.3, 0.4) is 0 Å². The van der Waals surface area contributed by atoms with Crippen molar-refractivity contribution in [3.05, 3.63) is 47.8 Å². The summed E-state index contributed by atoms with van der Waals surface area (Å²) in [7, 11) is -4.14. The molecule has 12 heteroatoms. The molecular formula is C32H42FN7O3S. The number of carbonyl (C=O) groups is 1. The average molecular weight is 624 g/mol. The molecule has 1 aliphatic carbocycles. The number of hydrogen-bond acceptors (Lipinski definition) is 7. The van der Waals surface area contributed by atoms with E-state index in [1.54, 1.807) is 6.07 Å². The fraction of sp³-hybridized carbons (Fsp3) is 0.594. The monoisotopic (exact) mass is 623 g/mol. The number of benzene rings is 1. The van der Waals surface area contributed by atoms with Crippen molar-refractivity contribution in [1.82, 2.24) is 28.7 Å². The van der Waals surface area contributed by atoms with Gasteiger partial charge in [0.2, 0.25) is 0 Å². The number of fused-ring (bicyclic) bond motifs is 1. The minimum absolute atomic E-state index is 0.0351. The largest absolute Gasteiger partial charge is 0.371 e. The van der Waals surface area contributed by atoms with Crippen LogP contribution < -0.4 is 9.62 Å². The highest BCUT2D eigenvalue weighted by Gasteiger charge is 2.34. The molecule has 3 saturated heterocycles. The summed E-state index contributed by atoms with van der Waals surface area (Å²) in [6.45, 7) is 5.33. The minimum atomic E-state index is -4.14. The minimum Gasteiger partial charge on any atom is -0.371 e. The third kappa shape index (κ3) is 5.95. The Kier molecular flexibility index (Phi) is 8.32. The molecule has 0 spiro atoms. The highest BCUT2D eigenvalue weighted by molar-refractivity contribution is 7.87. The van der Waals surface area contributed by atoms with Crippen molar-refractivity contribution >= 4 is 32.8 Å². The van der Waals surface area contributed by atoms with Crippen molar-refractivity contribution in [1.29, 1.82) is 0 Å². The lowest BCUT2D eigenvalue weighted by molar-refractivity contribution is 0.0973. The van der Waals surface area contributed by atoms with Gasteiger partial charge in [-0.25, -0.2) is 18.8 Å². The van der Waals surface area contributed by atoms with Gasteiger partial charge in [0.05, 0.1) is 22.5 Å². The zero-order valence-corrected chi connectivity index (χ0v) is 26.0. The maximum absolute atomic E-state index is 13.7. The molecular weight excluding hydrogens is 581 g/mol. The van der Waals surface area contributed by atoms with E-state index in [9.17, 15) is 17.6 Å². The smallest absolute Gasteiger partial charge is 0.304 e. The molecule has 3 aliphatic heterocycles. The number of hydrogen-bond donors (Lipinski definition) is 1. The van der Waals surface area contributed by atoms with Crippen molar-refractivity contribution in [2.45, 2.75) is 69.9 Å². The van der Waals surface area contributed by atoms with Crippen molar-refractivity contribution in [2.24, 2.45) is 5.92 Å². The van der Waals surface area contributed by atoms with Crippen molar-refractivity contribution in [2.75, 3.05) is 50.7 Å². The van der Waals surface area contributed by atoms with Crippen LogP contribution in [0.1, 0.15) is 79.9 Å². The van der Waals surface area contributed by atoms with Crippen molar-refractivity contribution in [3.63, 3.8) is 0 Å². The second kappa shape index (κ2) is 12.4. The lowest BCUT2D eigenvalue weighted by Gasteiger charge is -2.36. The van der Waals surface area contributed by atoms with E-state index in [4.69, 9.17) is 10.1 Å². The number of aromatic nitrogens is 3. The summed E-state index contributed by atoms with van der Waals surface area (Å²) in [5.41, 5.74) is 3.35. The second-order valence-corrected chi connectivity index (χ2v) is 14.6. The highest BCUT2D eigenvalue weighted by Crippen LogP contribution is 2.43. The van der Waals surface area contributed by atoms with Gasteiger partial charge in [-0.15, -0.1) is 0 Å². The van der Waals surface area contributed by atoms with Crippen LogP contribution in [0.5, 0.6) is 0 Å². The number of rotatable bonds is 8. The van der Waals surface area contributed by atoms with Gasteiger partial charge >= 0.3 is 10.2 Å². The normalized spacial score (nSPS) is 21.6. The molecule has 5 heterocycles. The first-order valence-electron chi connectivity index (χ1n) is 16.3. The number of piperidine rings is 2. The Bertz CT molecular complexity index is 1590. The van der Waals surface area contributed by atoms with E-state index < -0.39 is 22.3 Å². The summed E-state index contributed by atoms with van der Waals surface area (Å²) in [6.07, 6.45) is 7.21. The number of nitrogens with one attached hydrogen (secondary N) is 1. The van der Waals surface area contributed by atoms with Gasteiger partial charge < -0.3 is 9.80 Å². The molecule has 236 valence electrons. The third-order valence-electron chi connectivity index (χ3n) is 9.98. The number of likely N-dealkylation sites (tertiary alicyclic amines) is 1. The van der Waals surface area contributed by atoms with E-state index in [-0.39, 0.29) is 31.6 Å². The van der Waals surface area contributed by atoms with Crippen molar-refractivity contribution in [3.8, 4) is 5.69 Å². The van der Waals surface area contributed by atoms with Gasteiger partial charge in [-0.1, -0.05) is 24.6 Å². The molecule has 7 rings (SSSR count). The number of pyridine rings is 1. The maximum atomic E-state index is 13.7. The number of alkyl halides is 1. The summed E-state index contributed by atoms with van der Waals surface area (Å²) in [6, 6.07) is 11.5. The van der Waals surface area contributed by atoms with Crippen LogP contribution >= 0.6 is 0 Å². The molecule has 1 aromatic carbocycles.